The third-order valence-electron chi connectivity index (χ3n) is 2.72. The summed E-state index contributed by atoms with van der Waals surface area (Å²) in [6.45, 7) is 0.117. The van der Waals surface area contributed by atoms with Gasteiger partial charge in [-0.25, -0.2) is 0 Å². The van der Waals surface area contributed by atoms with Crippen molar-refractivity contribution in [3.8, 4) is 23.0 Å². The lowest BCUT2D eigenvalue weighted by Crippen LogP contribution is -2.08. The Hall–Kier alpha value is -0.900. The van der Waals surface area contributed by atoms with Gasteiger partial charge in [0.1, 0.15) is 23.0 Å². The Labute approximate surface area is 151 Å². The molecule has 0 aromatic heterocycles. The number of benzene rings is 2. The molecule has 112 valence electrons. The van der Waals surface area contributed by atoms with E-state index < -0.39 is 0 Å². The molecule has 0 saturated heterocycles. The van der Waals surface area contributed by atoms with Gasteiger partial charge >= 0.3 is 0 Å². The largest absolute Gasteiger partial charge is 0.496 e. The molecule has 0 atom stereocenters. The van der Waals surface area contributed by atoms with Crippen molar-refractivity contribution in [2.45, 2.75) is 0 Å². The normalized spacial score (nSPS) is 10.1. The van der Waals surface area contributed by atoms with E-state index in [1.54, 1.807) is 14.2 Å². The van der Waals surface area contributed by atoms with E-state index in [-0.39, 0.29) is 6.79 Å². The fraction of sp³-hybridized carbons (Fsp3) is 0.200. The summed E-state index contributed by atoms with van der Waals surface area (Å²) in [4.78, 5) is 0. The third kappa shape index (κ3) is 4.06. The van der Waals surface area contributed by atoms with Crippen LogP contribution in [-0.2, 0) is 0 Å². The van der Waals surface area contributed by atoms with Crippen LogP contribution in [-0.4, -0.2) is 21.0 Å². The first-order chi connectivity index (χ1) is 10.2. The summed E-state index contributed by atoms with van der Waals surface area (Å²) in [6, 6.07) is 11.3. The second-order valence-electron chi connectivity index (χ2n) is 3.95. The Morgan fingerprint density at radius 3 is 1.48 bits per heavy atom. The summed E-state index contributed by atoms with van der Waals surface area (Å²) < 4.78 is 23.7. The van der Waals surface area contributed by atoms with Crippen LogP contribution in [0.1, 0.15) is 0 Å². The van der Waals surface area contributed by atoms with Crippen LogP contribution >= 0.6 is 45.2 Å². The van der Waals surface area contributed by atoms with Crippen molar-refractivity contribution in [3.05, 3.63) is 43.5 Å². The molecule has 0 N–H and O–H groups in total. The molecule has 0 fully saturated rings. The molecule has 21 heavy (non-hydrogen) atoms. The molecule has 2 rings (SSSR count). The van der Waals surface area contributed by atoms with Gasteiger partial charge in [-0.3, -0.25) is 0 Å². The van der Waals surface area contributed by atoms with E-state index in [0.29, 0.717) is 0 Å². The highest BCUT2D eigenvalue weighted by Crippen LogP contribution is 2.31. The fourth-order valence-electron chi connectivity index (χ4n) is 1.68. The fourth-order valence-corrected chi connectivity index (χ4v) is 3.15. The van der Waals surface area contributed by atoms with Gasteiger partial charge in [-0.1, -0.05) is 12.1 Å². The van der Waals surface area contributed by atoms with Crippen molar-refractivity contribution in [1.29, 1.82) is 0 Å². The number of rotatable bonds is 6. The summed E-state index contributed by atoms with van der Waals surface area (Å²) in [5, 5.41) is 0. The Balaban J connectivity index is 2.02. The van der Waals surface area contributed by atoms with Gasteiger partial charge in [0.2, 0.25) is 6.79 Å². The average molecular weight is 512 g/mol. The number of halogens is 2. The first-order valence-corrected chi connectivity index (χ1v) is 8.23. The minimum absolute atomic E-state index is 0.117. The molecule has 0 spiro atoms. The number of hydrogen-bond acceptors (Lipinski definition) is 4. The molecule has 0 bridgehead atoms. The molecule has 6 heteroatoms. The molecule has 0 heterocycles. The molecular weight excluding hydrogens is 498 g/mol. The molecule has 0 aliphatic carbocycles. The average Bonchev–Trinajstić information content (AvgIpc) is 2.50. The van der Waals surface area contributed by atoms with Gasteiger partial charge in [-0.15, -0.1) is 0 Å². The first kappa shape index (κ1) is 16.5. The third-order valence-corrected chi connectivity index (χ3v) is 4.85. The summed E-state index contributed by atoms with van der Waals surface area (Å²) in [5.74, 6) is 3.02. The van der Waals surface area contributed by atoms with E-state index in [0.717, 1.165) is 30.1 Å². The van der Waals surface area contributed by atoms with Gasteiger partial charge < -0.3 is 18.9 Å². The molecule has 0 amide bonds. The van der Waals surface area contributed by atoms with Crippen molar-refractivity contribution >= 4 is 45.2 Å². The van der Waals surface area contributed by atoms with Crippen LogP contribution in [0.2, 0.25) is 0 Å². The Bertz CT molecular complexity index is 563. The highest BCUT2D eigenvalue weighted by molar-refractivity contribution is 14.1. The van der Waals surface area contributed by atoms with E-state index in [1.165, 1.54) is 0 Å². The maximum absolute atomic E-state index is 5.66. The molecule has 0 aliphatic heterocycles. The van der Waals surface area contributed by atoms with Crippen LogP contribution in [0.4, 0.5) is 0 Å². The lowest BCUT2D eigenvalue weighted by atomic mass is 10.3. The Kier molecular flexibility index (Phi) is 6.22. The number of ether oxygens (including phenoxy) is 4. The highest BCUT2D eigenvalue weighted by Gasteiger charge is 2.09. The number of methoxy groups -OCH3 is 2. The second-order valence-corrected chi connectivity index (χ2v) is 6.11. The molecule has 0 radical (unpaired) electrons. The van der Waals surface area contributed by atoms with E-state index >= 15 is 0 Å². The monoisotopic (exact) mass is 512 g/mol. The van der Waals surface area contributed by atoms with Gasteiger partial charge in [0.25, 0.3) is 0 Å². The van der Waals surface area contributed by atoms with Gasteiger partial charge in [0.15, 0.2) is 0 Å². The lowest BCUT2D eigenvalue weighted by molar-refractivity contribution is 0.117. The lowest BCUT2D eigenvalue weighted by Gasteiger charge is -2.13. The Morgan fingerprint density at radius 2 is 1.10 bits per heavy atom. The smallest absolute Gasteiger partial charge is 0.231 e. The van der Waals surface area contributed by atoms with Crippen LogP contribution in [0.15, 0.2) is 36.4 Å². The zero-order valence-corrected chi connectivity index (χ0v) is 15.9. The van der Waals surface area contributed by atoms with E-state index in [4.69, 9.17) is 18.9 Å². The maximum atomic E-state index is 5.66. The first-order valence-electron chi connectivity index (χ1n) is 6.08. The van der Waals surface area contributed by atoms with Gasteiger partial charge in [-0.2, -0.15) is 0 Å². The molecule has 2 aromatic carbocycles. The number of hydrogen-bond donors (Lipinski definition) is 0. The zero-order valence-electron chi connectivity index (χ0n) is 11.6. The summed E-state index contributed by atoms with van der Waals surface area (Å²) in [5.41, 5.74) is 0. The van der Waals surface area contributed by atoms with E-state index in [1.807, 2.05) is 36.4 Å². The van der Waals surface area contributed by atoms with Crippen LogP contribution < -0.4 is 18.9 Å². The topological polar surface area (TPSA) is 36.9 Å². The summed E-state index contributed by atoms with van der Waals surface area (Å²) in [6.07, 6.45) is 0. The van der Waals surface area contributed by atoms with Crippen LogP contribution in [0.5, 0.6) is 23.0 Å². The molecule has 0 aliphatic rings. The predicted molar refractivity (Wildman–Crippen MR) is 97.5 cm³/mol. The standard InChI is InChI=1S/C15H14I2O4/c1-18-10-5-3-7-12(14(10)16)20-9-21-13-8-4-6-11(19-2)15(13)17/h3-8H,9H2,1-2H3. The van der Waals surface area contributed by atoms with Crippen LogP contribution in [0, 0.1) is 7.14 Å². The van der Waals surface area contributed by atoms with E-state index in [9.17, 15) is 0 Å². The van der Waals surface area contributed by atoms with Crippen molar-refractivity contribution in [1.82, 2.24) is 0 Å². The molecule has 2 aromatic rings. The van der Waals surface area contributed by atoms with Gasteiger partial charge in [0.05, 0.1) is 21.4 Å². The SMILES string of the molecule is COc1cccc(OCOc2cccc(OC)c2I)c1I. The van der Waals surface area contributed by atoms with Crippen molar-refractivity contribution in [2.75, 3.05) is 21.0 Å². The minimum atomic E-state index is 0.117. The predicted octanol–water partition coefficient (Wildman–Crippen LogP) is 4.33. The summed E-state index contributed by atoms with van der Waals surface area (Å²) in [7, 11) is 3.27. The zero-order chi connectivity index (χ0) is 15.2. The minimum Gasteiger partial charge on any atom is -0.496 e. The molecule has 0 saturated carbocycles. The highest BCUT2D eigenvalue weighted by atomic mass is 127. The quantitative estimate of drug-likeness (QED) is 0.427. The van der Waals surface area contributed by atoms with Crippen LogP contribution in [0.25, 0.3) is 0 Å². The maximum Gasteiger partial charge on any atom is 0.231 e. The van der Waals surface area contributed by atoms with Crippen LogP contribution in [0.3, 0.4) is 0 Å². The molecule has 4 nitrogen and oxygen atoms in total. The Morgan fingerprint density at radius 1 is 0.714 bits per heavy atom. The van der Waals surface area contributed by atoms with Gasteiger partial charge in [-0.05, 0) is 69.4 Å². The van der Waals surface area contributed by atoms with Crippen molar-refractivity contribution in [2.24, 2.45) is 0 Å². The van der Waals surface area contributed by atoms with E-state index in [2.05, 4.69) is 45.2 Å². The van der Waals surface area contributed by atoms with Gasteiger partial charge in [0, 0.05) is 0 Å². The molecular formula is C15H14I2O4. The van der Waals surface area contributed by atoms with Crippen molar-refractivity contribution < 1.29 is 18.9 Å². The summed E-state index contributed by atoms with van der Waals surface area (Å²) >= 11 is 4.37. The molecule has 0 unspecified atom stereocenters. The van der Waals surface area contributed by atoms with Crippen molar-refractivity contribution in [3.63, 3.8) is 0 Å². The second kappa shape index (κ2) is 7.92.